The van der Waals surface area contributed by atoms with Crippen LogP contribution in [0.1, 0.15) is 31.0 Å². The summed E-state index contributed by atoms with van der Waals surface area (Å²) < 4.78 is 27.2. The van der Waals surface area contributed by atoms with E-state index in [2.05, 4.69) is 9.97 Å². The van der Waals surface area contributed by atoms with E-state index in [9.17, 15) is 14.9 Å². The molecule has 1 aliphatic heterocycles. The van der Waals surface area contributed by atoms with Crippen molar-refractivity contribution in [3.63, 3.8) is 0 Å². The van der Waals surface area contributed by atoms with E-state index in [4.69, 9.17) is 31.8 Å². The molecule has 2 N–H and O–H groups in total. The summed E-state index contributed by atoms with van der Waals surface area (Å²) in [6.07, 6.45) is 2.77. The number of methoxy groups -OCH3 is 2. The summed E-state index contributed by atoms with van der Waals surface area (Å²) in [5, 5.41) is 9.45. The molecule has 0 saturated heterocycles. The molecule has 1 aromatic carbocycles. The average Bonchev–Trinajstić information content (AvgIpc) is 3.18. The lowest BCUT2D eigenvalue weighted by Gasteiger charge is -2.29. The van der Waals surface area contributed by atoms with Crippen molar-refractivity contribution in [3.05, 3.63) is 80.2 Å². The van der Waals surface area contributed by atoms with E-state index in [1.54, 1.807) is 0 Å². The predicted octanol–water partition coefficient (Wildman–Crippen LogP) is 3.59. The third-order valence-corrected chi connectivity index (χ3v) is 6.45. The second-order valence-electron chi connectivity index (χ2n) is 9.12. The van der Waals surface area contributed by atoms with Gasteiger partial charge in [-0.25, -0.2) is 14.4 Å². The van der Waals surface area contributed by atoms with E-state index in [1.807, 2.05) is 19.9 Å². The number of aliphatic imine (C=N–C) groups is 1. The third kappa shape index (κ3) is 4.99. The number of pyridine rings is 1. The lowest BCUT2D eigenvalue weighted by atomic mass is 9.89. The highest BCUT2D eigenvalue weighted by molar-refractivity contribution is 6.31. The molecular formula is C27H25ClFN7O4. The Kier molecular flexibility index (Phi) is 7.88. The maximum absolute atomic E-state index is 15.6. The zero-order chi connectivity index (χ0) is 29.3. The highest BCUT2D eigenvalue weighted by atomic mass is 35.5. The molecule has 3 heterocycles. The molecule has 1 amide bonds. The van der Waals surface area contributed by atoms with E-state index in [-0.39, 0.29) is 56.6 Å². The first kappa shape index (κ1) is 28.3. The quantitative estimate of drug-likeness (QED) is 0.427. The number of carbonyl (C=O) groups excluding carboxylic acids is 1. The number of hydrogen-bond donors (Lipinski definition) is 1. The van der Waals surface area contributed by atoms with Crippen LogP contribution in [0, 0.1) is 23.1 Å². The van der Waals surface area contributed by atoms with Gasteiger partial charge < -0.3 is 19.8 Å². The highest BCUT2D eigenvalue weighted by Crippen LogP contribution is 2.43. The van der Waals surface area contributed by atoms with Gasteiger partial charge in [0.2, 0.25) is 5.88 Å². The standard InChI is InChI=1S/C27H25ClFN7O4/c1-13(2)22(33-18-11-32-27(40-5)34-24(18)39-4)20-21(31)26(38)36(19-9-15(28)12-35(3)25(19)37)23(20)16-7-6-14(10-30)8-17(16)29/h6-9,11-13,23H,31H2,1-5H3. The molecule has 0 fully saturated rings. The van der Waals surface area contributed by atoms with E-state index in [0.29, 0.717) is 5.71 Å². The lowest BCUT2D eigenvalue weighted by Crippen LogP contribution is -2.37. The minimum atomic E-state index is -1.22. The smallest absolute Gasteiger partial charge is 0.319 e. The number of rotatable bonds is 7. The Balaban J connectivity index is 2.03. The minimum absolute atomic E-state index is 0.00359. The van der Waals surface area contributed by atoms with Gasteiger partial charge in [0.1, 0.15) is 22.9 Å². The van der Waals surface area contributed by atoms with Gasteiger partial charge in [0.25, 0.3) is 11.5 Å². The molecule has 2 aromatic heterocycles. The topological polar surface area (TPSA) is 149 Å². The molecule has 1 unspecified atom stereocenters. The summed E-state index contributed by atoms with van der Waals surface area (Å²) in [5.41, 5.74) is 6.27. The second kappa shape index (κ2) is 11.2. The predicted molar refractivity (Wildman–Crippen MR) is 146 cm³/mol. The largest absolute Gasteiger partial charge is 0.479 e. The molecule has 3 aromatic rings. The first-order valence-corrected chi connectivity index (χ1v) is 12.3. The monoisotopic (exact) mass is 565 g/mol. The molecule has 1 atom stereocenters. The van der Waals surface area contributed by atoms with E-state index in [1.165, 1.54) is 56.4 Å². The first-order valence-electron chi connectivity index (χ1n) is 11.9. The maximum atomic E-state index is 15.6. The number of aryl methyl sites for hydroxylation is 1. The number of benzene rings is 1. The van der Waals surface area contributed by atoms with Crippen LogP contribution in [0.4, 0.5) is 15.8 Å². The van der Waals surface area contributed by atoms with Crippen LogP contribution in [0.25, 0.3) is 0 Å². The van der Waals surface area contributed by atoms with Gasteiger partial charge in [-0.15, -0.1) is 0 Å². The minimum Gasteiger partial charge on any atom is -0.479 e. The van der Waals surface area contributed by atoms with E-state index < -0.39 is 23.3 Å². The number of anilines is 1. The van der Waals surface area contributed by atoms with Crippen LogP contribution < -0.4 is 25.7 Å². The normalized spacial score (nSPS) is 15.6. The number of ether oxygens (including phenoxy) is 2. The number of nitrogens with two attached hydrogens (primary N) is 1. The number of amides is 1. The molecule has 1 aliphatic rings. The zero-order valence-corrected chi connectivity index (χ0v) is 23.0. The van der Waals surface area contributed by atoms with Crippen LogP contribution in [0.2, 0.25) is 5.02 Å². The number of nitrogens with zero attached hydrogens (tertiary/aromatic N) is 6. The molecule has 40 heavy (non-hydrogen) atoms. The molecule has 11 nitrogen and oxygen atoms in total. The van der Waals surface area contributed by atoms with Crippen molar-refractivity contribution in [2.45, 2.75) is 19.9 Å². The molecule has 0 bridgehead atoms. The average molecular weight is 566 g/mol. The van der Waals surface area contributed by atoms with Gasteiger partial charge >= 0.3 is 6.01 Å². The number of carbonyl (C=O) groups is 1. The summed E-state index contributed by atoms with van der Waals surface area (Å²) in [4.78, 5) is 41.0. The number of halogens is 2. The van der Waals surface area contributed by atoms with E-state index >= 15 is 4.39 Å². The van der Waals surface area contributed by atoms with Gasteiger partial charge in [-0.2, -0.15) is 10.2 Å². The molecule has 0 aliphatic carbocycles. The van der Waals surface area contributed by atoms with Crippen LogP contribution in [0.3, 0.4) is 0 Å². The summed E-state index contributed by atoms with van der Waals surface area (Å²) in [7, 11) is 4.27. The molecule has 13 heteroatoms. The van der Waals surface area contributed by atoms with Crippen molar-refractivity contribution in [1.82, 2.24) is 14.5 Å². The van der Waals surface area contributed by atoms with Gasteiger partial charge in [0, 0.05) is 24.4 Å². The molecule has 0 spiro atoms. The SMILES string of the molecule is COc1ncc(N=C(C2=C(N)C(=O)N(c3cc(Cl)cn(C)c3=O)C2c2ccc(C#N)cc2F)C(C)C)c(OC)n1. The van der Waals surface area contributed by atoms with E-state index in [0.717, 1.165) is 11.0 Å². The van der Waals surface area contributed by atoms with Crippen LogP contribution in [-0.4, -0.2) is 40.4 Å². The third-order valence-electron chi connectivity index (χ3n) is 6.24. The molecule has 0 saturated carbocycles. The molecular weight excluding hydrogens is 541 g/mol. The Morgan fingerprint density at radius 2 is 1.98 bits per heavy atom. The van der Waals surface area contributed by atoms with Crippen LogP contribution in [0.5, 0.6) is 11.9 Å². The van der Waals surface area contributed by atoms with Crippen molar-refractivity contribution < 1.29 is 18.7 Å². The maximum Gasteiger partial charge on any atom is 0.319 e. The fourth-order valence-corrected chi connectivity index (χ4v) is 4.65. The number of hydrogen-bond acceptors (Lipinski definition) is 9. The Bertz CT molecular complexity index is 1680. The van der Waals surface area contributed by atoms with Gasteiger partial charge in [-0.1, -0.05) is 31.5 Å². The van der Waals surface area contributed by atoms with Crippen molar-refractivity contribution >= 4 is 34.6 Å². The van der Waals surface area contributed by atoms with Crippen LogP contribution in [0.15, 0.2) is 57.7 Å². The Morgan fingerprint density at radius 3 is 2.58 bits per heavy atom. The summed E-state index contributed by atoms with van der Waals surface area (Å²) in [5.74, 6) is -1.79. The van der Waals surface area contributed by atoms with Crippen molar-refractivity contribution in [2.75, 3.05) is 19.1 Å². The second-order valence-corrected chi connectivity index (χ2v) is 9.55. The van der Waals surface area contributed by atoms with Crippen molar-refractivity contribution in [1.29, 1.82) is 5.26 Å². The highest BCUT2D eigenvalue weighted by Gasteiger charge is 2.45. The lowest BCUT2D eigenvalue weighted by molar-refractivity contribution is -0.114. The Hall–Kier alpha value is -4.76. The Labute approximate surface area is 234 Å². The van der Waals surface area contributed by atoms with Crippen molar-refractivity contribution in [2.24, 2.45) is 23.7 Å². The van der Waals surface area contributed by atoms with Gasteiger partial charge in [0.15, 0.2) is 0 Å². The van der Waals surface area contributed by atoms with Crippen LogP contribution in [-0.2, 0) is 11.8 Å². The fraction of sp³-hybridized carbons (Fsp3) is 0.259. The number of aromatic nitrogens is 3. The summed E-state index contributed by atoms with van der Waals surface area (Å²) in [6, 6.07) is 5.87. The summed E-state index contributed by atoms with van der Waals surface area (Å²) in [6.45, 7) is 3.63. The van der Waals surface area contributed by atoms with Gasteiger partial charge in [-0.05, 0) is 24.1 Å². The zero-order valence-electron chi connectivity index (χ0n) is 22.3. The van der Waals surface area contributed by atoms with Crippen LogP contribution >= 0.6 is 11.6 Å². The number of nitriles is 1. The molecule has 4 rings (SSSR count). The molecule has 0 radical (unpaired) electrons. The first-order chi connectivity index (χ1) is 19.0. The fourth-order valence-electron chi connectivity index (χ4n) is 4.40. The summed E-state index contributed by atoms with van der Waals surface area (Å²) >= 11 is 6.25. The van der Waals surface area contributed by atoms with Gasteiger partial charge in [0.05, 0.1) is 48.8 Å². The van der Waals surface area contributed by atoms with Crippen molar-refractivity contribution in [3.8, 4) is 18.0 Å². The molecule has 206 valence electrons. The van der Waals surface area contributed by atoms with Gasteiger partial charge in [-0.3, -0.25) is 14.5 Å². The Morgan fingerprint density at radius 1 is 1.25 bits per heavy atom.